The lowest BCUT2D eigenvalue weighted by atomic mass is 10.1. The van der Waals surface area contributed by atoms with Gasteiger partial charge in [0.15, 0.2) is 0 Å². The zero-order valence-electron chi connectivity index (χ0n) is 6.78. The summed E-state index contributed by atoms with van der Waals surface area (Å²) in [6.07, 6.45) is 2.34. The van der Waals surface area contributed by atoms with E-state index < -0.39 is 0 Å². The first-order valence-corrected chi connectivity index (χ1v) is 3.99. The highest BCUT2D eigenvalue weighted by atomic mass is 15.2. The molecule has 0 aliphatic carbocycles. The highest BCUT2D eigenvalue weighted by molar-refractivity contribution is 5.04. The van der Waals surface area contributed by atoms with Crippen molar-refractivity contribution in [3.63, 3.8) is 0 Å². The lowest BCUT2D eigenvalue weighted by Crippen LogP contribution is -2.31. The van der Waals surface area contributed by atoms with Crippen LogP contribution in [0.3, 0.4) is 0 Å². The van der Waals surface area contributed by atoms with Gasteiger partial charge >= 0.3 is 0 Å². The van der Waals surface area contributed by atoms with Crippen molar-refractivity contribution < 1.29 is 0 Å². The fourth-order valence-electron chi connectivity index (χ4n) is 1.46. The van der Waals surface area contributed by atoms with Crippen LogP contribution in [0.5, 0.6) is 0 Å². The largest absolute Gasteiger partial charge is 0.368 e. The Morgan fingerprint density at radius 2 is 1.60 bits per heavy atom. The average molecular weight is 140 g/mol. The van der Waals surface area contributed by atoms with Gasteiger partial charge in [0.2, 0.25) is 0 Å². The minimum Gasteiger partial charge on any atom is -0.368 e. The van der Waals surface area contributed by atoms with Crippen LogP contribution in [-0.2, 0) is 0 Å². The van der Waals surface area contributed by atoms with E-state index >= 15 is 0 Å². The van der Waals surface area contributed by atoms with Crippen molar-refractivity contribution in [3.8, 4) is 0 Å². The SMILES string of the molecule is C=C1NC(CC)C(CC)N1. The second-order valence-corrected chi connectivity index (χ2v) is 2.80. The van der Waals surface area contributed by atoms with Crippen molar-refractivity contribution in [2.24, 2.45) is 0 Å². The number of rotatable bonds is 2. The third-order valence-corrected chi connectivity index (χ3v) is 2.08. The predicted molar refractivity (Wildman–Crippen MR) is 43.6 cm³/mol. The summed E-state index contributed by atoms with van der Waals surface area (Å²) >= 11 is 0. The van der Waals surface area contributed by atoms with Gasteiger partial charge in [-0.3, -0.25) is 0 Å². The summed E-state index contributed by atoms with van der Waals surface area (Å²) in [5, 5.41) is 6.60. The molecule has 0 aromatic rings. The van der Waals surface area contributed by atoms with Crippen LogP contribution in [0.25, 0.3) is 0 Å². The van der Waals surface area contributed by atoms with Crippen LogP contribution in [0, 0.1) is 0 Å². The Bertz CT molecular complexity index is 117. The van der Waals surface area contributed by atoms with Crippen molar-refractivity contribution in [2.75, 3.05) is 0 Å². The average Bonchev–Trinajstić information content (AvgIpc) is 2.30. The topological polar surface area (TPSA) is 24.1 Å². The van der Waals surface area contributed by atoms with E-state index in [0.29, 0.717) is 12.1 Å². The monoisotopic (exact) mass is 140 g/mol. The van der Waals surface area contributed by atoms with E-state index in [0.717, 1.165) is 5.82 Å². The lowest BCUT2D eigenvalue weighted by molar-refractivity contribution is 0.484. The van der Waals surface area contributed by atoms with E-state index in [1.54, 1.807) is 0 Å². The lowest BCUT2D eigenvalue weighted by Gasteiger charge is -2.13. The van der Waals surface area contributed by atoms with Crippen LogP contribution in [0.2, 0.25) is 0 Å². The van der Waals surface area contributed by atoms with Crippen LogP contribution in [0.1, 0.15) is 26.7 Å². The summed E-state index contributed by atoms with van der Waals surface area (Å²) in [6, 6.07) is 1.19. The first-order valence-electron chi connectivity index (χ1n) is 3.99. The zero-order valence-corrected chi connectivity index (χ0v) is 6.78. The minimum atomic E-state index is 0.595. The molecule has 10 heavy (non-hydrogen) atoms. The zero-order chi connectivity index (χ0) is 7.56. The second kappa shape index (κ2) is 2.95. The molecule has 0 aromatic heterocycles. The maximum atomic E-state index is 3.83. The molecule has 1 heterocycles. The maximum Gasteiger partial charge on any atom is 0.0918 e. The number of nitrogens with one attached hydrogen (secondary N) is 2. The van der Waals surface area contributed by atoms with Gasteiger partial charge in [-0.05, 0) is 12.8 Å². The Balaban J connectivity index is 2.48. The number of hydrogen-bond acceptors (Lipinski definition) is 2. The third kappa shape index (κ3) is 1.25. The van der Waals surface area contributed by atoms with Gasteiger partial charge in [-0.15, -0.1) is 0 Å². The highest BCUT2D eigenvalue weighted by Crippen LogP contribution is 2.11. The molecule has 2 atom stereocenters. The van der Waals surface area contributed by atoms with Crippen molar-refractivity contribution >= 4 is 0 Å². The summed E-state index contributed by atoms with van der Waals surface area (Å²) in [5.74, 6) is 0.985. The molecule has 58 valence electrons. The Kier molecular flexibility index (Phi) is 2.20. The fraction of sp³-hybridized carbons (Fsp3) is 0.750. The van der Waals surface area contributed by atoms with Crippen LogP contribution < -0.4 is 10.6 Å². The van der Waals surface area contributed by atoms with E-state index in [-0.39, 0.29) is 0 Å². The molecule has 0 bridgehead atoms. The molecule has 1 aliphatic heterocycles. The van der Waals surface area contributed by atoms with Gasteiger partial charge in [0.25, 0.3) is 0 Å². The molecule has 0 spiro atoms. The Hall–Kier alpha value is -0.660. The first-order chi connectivity index (χ1) is 4.77. The van der Waals surface area contributed by atoms with Crippen molar-refractivity contribution in [2.45, 2.75) is 38.8 Å². The standard InChI is InChI=1S/C8H16N2/c1-4-7-8(5-2)10-6(3)9-7/h7-10H,3-5H2,1-2H3. The molecule has 1 saturated heterocycles. The van der Waals surface area contributed by atoms with Crippen LogP contribution in [0.4, 0.5) is 0 Å². The van der Waals surface area contributed by atoms with Gasteiger partial charge in [0.05, 0.1) is 5.82 Å². The van der Waals surface area contributed by atoms with Crippen LogP contribution >= 0.6 is 0 Å². The van der Waals surface area contributed by atoms with E-state index in [1.165, 1.54) is 12.8 Å². The molecule has 1 rings (SSSR count). The molecule has 2 unspecified atom stereocenters. The minimum absolute atomic E-state index is 0.595. The third-order valence-electron chi connectivity index (χ3n) is 2.08. The van der Waals surface area contributed by atoms with Crippen LogP contribution in [-0.4, -0.2) is 12.1 Å². The smallest absolute Gasteiger partial charge is 0.0918 e. The van der Waals surface area contributed by atoms with Gasteiger partial charge in [-0.2, -0.15) is 0 Å². The Labute approximate surface area is 62.7 Å². The molecule has 1 aliphatic rings. The van der Waals surface area contributed by atoms with E-state index in [4.69, 9.17) is 0 Å². The molecular formula is C8H16N2. The second-order valence-electron chi connectivity index (χ2n) is 2.80. The van der Waals surface area contributed by atoms with Gasteiger partial charge < -0.3 is 10.6 Å². The molecule has 0 saturated carbocycles. The molecule has 2 nitrogen and oxygen atoms in total. The van der Waals surface area contributed by atoms with Crippen molar-refractivity contribution in [3.05, 3.63) is 12.4 Å². The molecule has 2 heteroatoms. The first kappa shape index (κ1) is 7.45. The Morgan fingerprint density at radius 3 is 1.90 bits per heavy atom. The molecular weight excluding hydrogens is 124 g/mol. The van der Waals surface area contributed by atoms with Crippen molar-refractivity contribution in [1.29, 1.82) is 0 Å². The molecule has 0 amide bonds. The summed E-state index contributed by atoms with van der Waals surface area (Å²) < 4.78 is 0. The Morgan fingerprint density at radius 1 is 1.20 bits per heavy atom. The summed E-state index contributed by atoms with van der Waals surface area (Å²) in [7, 11) is 0. The fourth-order valence-corrected chi connectivity index (χ4v) is 1.46. The van der Waals surface area contributed by atoms with Crippen LogP contribution in [0.15, 0.2) is 12.4 Å². The molecule has 0 aromatic carbocycles. The molecule has 2 N–H and O–H groups in total. The van der Waals surface area contributed by atoms with Gasteiger partial charge in [-0.1, -0.05) is 20.4 Å². The highest BCUT2D eigenvalue weighted by Gasteiger charge is 2.24. The van der Waals surface area contributed by atoms with Crippen molar-refractivity contribution in [1.82, 2.24) is 10.6 Å². The van der Waals surface area contributed by atoms with E-state index in [9.17, 15) is 0 Å². The summed E-state index contributed by atoms with van der Waals surface area (Å²) in [4.78, 5) is 0. The normalized spacial score (nSPS) is 31.6. The number of hydrogen-bond donors (Lipinski definition) is 2. The predicted octanol–water partition coefficient (Wildman–Crippen LogP) is 1.21. The molecule has 1 fully saturated rings. The molecule has 0 radical (unpaired) electrons. The summed E-state index contributed by atoms with van der Waals surface area (Å²) in [5.41, 5.74) is 0. The van der Waals surface area contributed by atoms with Gasteiger partial charge in [0, 0.05) is 12.1 Å². The van der Waals surface area contributed by atoms with E-state index in [1.807, 2.05) is 0 Å². The summed E-state index contributed by atoms with van der Waals surface area (Å²) in [6.45, 7) is 8.22. The quantitative estimate of drug-likeness (QED) is 0.602. The maximum absolute atomic E-state index is 3.83. The van der Waals surface area contributed by atoms with Gasteiger partial charge in [0.1, 0.15) is 0 Å². The van der Waals surface area contributed by atoms with E-state index in [2.05, 4.69) is 31.1 Å². The van der Waals surface area contributed by atoms with Gasteiger partial charge in [-0.25, -0.2) is 0 Å².